The van der Waals surface area contributed by atoms with Crippen LogP contribution in [0.4, 0.5) is 5.69 Å². The van der Waals surface area contributed by atoms with Crippen LogP contribution >= 0.6 is 0 Å². The summed E-state index contributed by atoms with van der Waals surface area (Å²) in [6.45, 7) is 6.09. The summed E-state index contributed by atoms with van der Waals surface area (Å²) < 4.78 is 0. The minimum atomic E-state index is -0.991. The topological polar surface area (TPSA) is 133 Å². The van der Waals surface area contributed by atoms with Gasteiger partial charge in [0.1, 0.15) is 12.3 Å². The van der Waals surface area contributed by atoms with E-state index in [1.807, 2.05) is 19.9 Å². The maximum absolute atomic E-state index is 12.8. The highest BCUT2D eigenvalue weighted by molar-refractivity contribution is 6.40. The summed E-state index contributed by atoms with van der Waals surface area (Å²) in [4.78, 5) is 60.7. The first-order valence-corrected chi connectivity index (χ1v) is 10.4. The monoisotopic (exact) mass is 430 g/mol. The largest absolute Gasteiger partial charge is 0.356 e. The summed E-state index contributed by atoms with van der Waals surface area (Å²) in [5.74, 6) is -2.83. The van der Waals surface area contributed by atoms with E-state index in [0.717, 1.165) is 5.56 Å². The van der Waals surface area contributed by atoms with Crippen LogP contribution in [0.3, 0.4) is 0 Å². The number of hydrogen-bond acceptors (Lipinski definition) is 5. The average Bonchev–Trinajstić information content (AvgIpc) is 3.12. The Hall–Kier alpha value is -3.23. The lowest BCUT2D eigenvalue weighted by atomic mass is 9.98. The second kappa shape index (κ2) is 11.2. The molecular formula is C22H30N4O5. The summed E-state index contributed by atoms with van der Waals surface area (Å²) in [6, 6.07) is 5.18. The zero-order chi connectivity index (χ0) is 23.0. The quantitative estimate of drug-likeness (QED) is 0.338. The molecule has 0 bridgehead atoms. The number of hydrogen-bond donors (Lipinski definition) is 4. The predicted octanol–water partition coefficient (Wildman–Crippen LogP) is 0.674. The first-order valence-electron chi connectivity index (χ1n) is 10.4. The van der Waals surface area contributed by atoms with E-state index < -0.39 is 29.8 Å². The normalized spacial score (nSPS) is 17.4. The third kappa shape index (κ3) is 7.20. The van der Waals surface area contributed by atoms with Crippen molar-refractivity contribution in [3.05, 3.63) is 29.8 Å². The zero-order valence-electron chi connectivity index (χ0n) is 18.1. The number of amides is 4. The molecule has 4 N–H and O–H groups in total. The highest BCUT2D eigenvalue weighted by atomic mass is 16.2. The molecule has 1 aliphatic heterocycles. The molecule has 4 amide bonds. The molecule has 1 heterocycles. The molecule has 0 saturated carbocycles. The van der Waals surface area contributed by atoms with Crippen molar-refractivity contribution in [1.82, 2.24) is 16.0 Å². The van der Waals surface area contributed by atoms with Crippen LogP contribution in [-0.4, -0.2) is 48.5 Å². The molecule has 0 unspecified atom stereocenters. The number of benzene rings is 1. The standard InChI is InChI=1S/C22H30N4O5/c1-13(2)10-18(20(29)24-16(12-27)11-15-8-9-23-19(15)28)26-22(31)21(30)25-17-7-5-4-6-14(17)3/h4-7,12-13,15-16,18H,8-11H2,1-3H3,(H,23,28)(H,24,29)(H,25,30)(H,26,31)/t15-,16-,18-/m0/s1. The van der Waals surface area contributed by atoms with Gasteiger partial charge in [0.05, 0.1) is 6.04 Å². The molecular weight excluding hydrogens is 400 g/mol. The maximum Gasteiger partial charge on any atom is 0.313 e. The van der Waals surface area contributed by atoms with E-state index in [0.29, 0.717) is 24.9 Å². The number of carbonyl (C=O) groups excluding carboxylic acids is 5. The van der Waals surface area contributed by atoms with Crippen molar-refractivity contribution in [3.8, 4) is 0 Å². The fourth-order valence-corrected chi connectivity index (χ4v) is 3.43. The van der Waals surface area contributed by atoms with Crippen molar-refractivity contribution in [2.24, 2.45) is 11.8 Å². The molecule has 168 valence electrons. The Morgan fingerprint density at radius 1 is 1.16 bits per heavy atom. The number of nitrogens with one attached hydrogen (secondary N) is 4. The molecule has 0 spiro atoms. The van der Waals surface area contributed by atoms with Gasteiger partial charge in [-0.15, -0.1) is 0 Å². The Morgan fingerprint density at radius 3 is 2.45 bits per heavy atom. The molecule has 1 aliphatic rings. The van der Waals surface area contributed by atoms with Gasteiger partial charge in [-0.25, -0.2) is 0 Å². The fourth-order valence-electron chi connectivity index (χ4n) is 3.43. The molecule has 1 aromatic rings. The van der Waals surface area contributed by atoms with Gasteiger partial charge in [0.2, 0.25) is 11.8 Å². The summed E-state index contributed by atoms with van der Waals surface area (Å²) in [5, 5.41) is 10.3. The van der Waals surface area contributed by atoms with Gasteiger partial charge in [-0.2, -0.15) is 0 Å². The van der Waals surface area contributed by atoms with Crippen LogP contribution in [0.1, 0.15) is 38.7 Å². The van der Waals surface area contributed by atoms with Gasteiger partial charge in [0.25, 0.3) is 0 Å². The van der Waals surface area contributed by atoms with E-state index in [4.69, 9.17) is 0 Å². The molecule has 3 atom stereocenters. The number of rotatable bonds is 9. The number of para-hydroxylation sites is 1. The Balaban J connectivity index is 2.00. The average molecular weight is 431 g/mol. The van der Waals surface area contributed by atoms with Crippen LogP contribution < -0.4 is 21.3 Å². The molecule has 1 fully saturated rings. The van der Waals surface area contributed by atoms with Crippen LogP contribution in [0.25, 0.3) is 0 Å². The van der Waals surface area contributed by atoms with Crippen LogP contribution in [-0.2, 0) is 24.0 Å². The Kier molecular flexibility index (Phi) is 8.72. The van der Waals surface area contributed by atoms with Gasteiger partial charge in [-0.1, -0.05) is 32.0 Å². The van der Waals surface area contributed by atoms with Gasteiger partial charge in [-0.3, -0.25) is 19.2 Å². The second-order valence-electron chi connectivity index (χ2n) is 8.19. The van der Waals surface area contributed by atoms with Gasteiger partial charge in [0.15, 0.2) is 0 Å². The summed E-state index contributed by atoms with van der Waals surface area (Å²) in [5.41, 5.74) is 1.30. The Labute approximate surface area is 181 Å². The summed E-state index contributed by atoms with van der Waals surface area (Å²) >= 11 is 0. The number of carbonyl (C=O) groups is 5. The lowest BCUT2D eigenvalue weighted by molar-refractivity contribution is -0.138. The van der Waals surface area contributed by atoms with Gasteiger partial charge in [0, 0.05) is 18.2 Å². The fraction of sp³-hybridized carbons (Fsp3) is 0.500. The molecule has 2 rings (SSSR count). The molecule has 0 aromatic heterocycles. The van der Waals surface area contributed by atoms with Crippen molar-refractivity contribution in [1.29, 1.82) is 0 Å². The zero-order valence-corrected chi connectivity index (χ0v) is 18.1. The van der Waals surface area contributed by atoms with Crippen molar-refractivity contribution in [2.45, 2.75) is 52.1 Å². The van der Waals surface area contributed by atoms with Gasteiger partial charge in [-0.05, 0) is 43.7 Å². The molecule has 31 heavy (non-hydrogen) atoms. The molecule has 0 aliphatic carbocycles. The molecule has 1 aromatic carbocycles. The van der Waals surface area contributed by atoms with Gasteiger partial charge >= 0.3 is 11.8 Å². The number of aryl methyl sites for hydroxylation is 1. The van der Waals surface area contributed by atoms with Crippen LogP contribution in [0, 0.1) is 18.8 Å². The third-order valence-corrected chi connectivity index (χ3v) is 5.12. The van der Waals surface area contributed by atoms with Crippen LogP contribution in [0.5, 0.6) is 0 Å². The highest BCUT2D eigenvalue weighted by Crippen LogP contribution is 2.16. The lowest BCUT2D eigenvalue weighted by Gasteiger charge is -2.23. The van der Waals surface area contributed by atoms with Crippen molar-refractivity contribution >= 4 is 35.6 Å². The maximum atomic E-state index is 12.8. The molecule has 9 heteroatoms. The van der Waals surface area contributed by atoms with E-state index >= 15 is 0 Å². The SMILES string of the molecule is Cc1ccccc1NC(=O)C(=O)N[C@@H](CC(C)C)C(=O)N[C@H](C=O)C[C@@H]1CCNC1=O. The van der Waals surface area contributed by atoms with Gasteiger partial charge < -0.3 is 26.1 Å². The third-order valence-electron chi connectivity index (χ3n) is 5.12. The van der Waals surface area contributed by atoms with Crippen LogP contribution in [0.2, 0.25) is 0 Å². The first kappa shape index (κ1) is 24.0. The second-order valence-corrected chi connectivity index (χ2v) is 8.19. The smallest absolute Gasteiger partial charge is 0.313 e. The van der Waals surface area contributed by atoms with Crippen molar-refractivity contribution in [3.63, 3.8) is 0 Å². The number of anilines is 1. The lowest BCUT2D eigenvalue weighted by Crippen LogP contribution is -2.53. The van der Waals surface area contributed by atoms with Crippen molar-refractivity contribution < 1.29 is 24.0 Å². The van der Waals surface area contributed by atoms with E-state index in [9.17, 15) is 24.0 Å². The first-order chi connectivity index (χ1) is 14.7. The van der Waals surface area contributed by atoms with E-state index in [2.05, 4.69) is 21.3 Å². The van der Waals surface area contributed by atoms with Crippen molar-refractivity contribution in [2.75, 3.05) is 11.9 Å². The Morgan fingerprint density at radius 2 is 1.87 bits per heavy atom. The highest BCUT2D eigenvalue weighted by Gasteiger charge is 2.30. The Bertz CT molecular complexity index is 839. The molecule has 1 saturated heterocycles. The summed E-state index contributed by atoms with van der Waals surface area (Å²) in [7, 11) is 0. The minimum Gasteiger partial charge on any atom is -0.356 e. The van der Waals surface area contributed by atoms with Crippen LogP contribution in [0.15, 0.2) is 24.3 Å². The molecule has 0 radical (unpaired) electrons. The minimum absolute atomic E-state index is 0.0470. The molecule has 9 nitrogen and oxygen atoms in total. The summed E-state index contributed by atoms with van der Waals surface area (Å²) in [6.07, 6.45) is 1.66. The van der Waals surface area contributed by atoms with E-state index in [1.54, 1.807) is 25.1 Å². The predicted molar refractivity (Wildman–Crippen MR) is 115 cm³/mol. The van der Waals surface area contributed by atoms with E-state index in [-0.39, 0.29) is 30.6 Å². The number of aldehydes is 1. The van der Waals surface area contributed by atoms with E-state index in [1.165, 1.54) is 0 Å².